The summed E-state index contributed by atoms with van der Waals surface area (Å²) < 4.78 is 0. The van der Waals surface area contributed by atoms with Crippen molar-refractivity contribution in [1.29, 1.82) is 5.41 Å². The monoisotopic (exact) mass is 279 g/mol. The number of nitrogens with zero attached hydrogens (tertiary/aromatic N) is 1. The first-order valence-corrected chi connectivity index (χ1v) is 7.22. The van der Waals surface area contributed by atoms with Crippen LogP contribution in [-0.2, 0) is 0 Å². The Morgan fingerprint density at radius 3 is 2.53 bits per heavy atom. The minimum atomic E-state index is 0.0220. The lowest BCUT2D eigenvalue weighted by Gasteiger charge is -2.40. The van der Waals surface area contributed by atoms with Gasteiger partial charge in [-0.3, -0.25) is 5.41 Å². The number of nitrogens with one attached hydrogen (secondary N) is 1. The van der Waals surface area contributed by atoms with E-state index in [1.165, 1.54) is 19.3 Å². The number of benzene rings is 1. The van der Waals surface area contributed by atoms with Crippen LogP contribution in [0.15, 0.2) is 18.2 Å². The quantitative estimate of drug-likeness (QED) is 0.656. The van der Waals surface area contributed by atoms with Crippen molar-refractivity contribution in [2.24, 2.45) is 11.1 Å². The van der Waals surface area contributed by atoms with E-state index < -0.39 is 0 Å². The molecule has 4 heteroatoms. The maximum Gasteiger partial charge on any atom is 0.124 e. The average Bonchev–Trinajstić information content (AvgIpc) is 2.39. The molecule has 0 amide bonds. The Labute approximate surface area is 120 Å². The predicted molar refractivity (Wildman–Crippen MR) is 82.3 cm³/mol. The fourth-order valence-electron chi connectivity index (χ4n) is 2.58. The molecular formula is C15H22ClN3. The second-order valence-electron chi connectivity index (χ2n) is 5.73. The number of rotatable bonds is 3. The van der Waals surface area contributed by atoms with Crippen LogP contribution in [0.1, 0.15) is 38.7 Å². The van der Waals surface area contributed by atoms with E-state index in [2.05, 4.69) is 18.7 Å². The summed E-state index contributed by atoms with van der Waals surface area (Å²) in [5.74, 6) is 0.0220. The van der Waals surface area contributed by atoms with Crippen LogP contribution in [0, 0.1) is 10.8 Å². The molecule has 3 N–H and O–H groups in total. The second-order valence-corrected chi connectivity index (χ2v) is 6.14. The molecule has 0 atom stereocenters. The lowest BCUT2D eigenvalue weighted by atomic mass is 9.78. The average molecular weight is 280 g/mol. The number of hydrogen-bond acceptors (Lipinski definition) is 2. The zero-order chi connectivity index (χ0) is 14.0. The standard InChI is InChI=1S/C15H22ClN3/c1-3-15(2)6-8-19(9-7-15)11-4-5-12(14(17)18)13(16)10-11/h4-5,10H,3,6-9H2,1-2H3,(H3,17,18). The Kier molecular flexibility index (Phi) is 4.04. The molecule has 1 saturated heterocycles. The molecule has 0 aromatic heterocycles. The number of piperidine rings is 1. The van der Waals surface area contributed by atoms with E-state index >= 15 is 0 Å². The molecule has 1 aliphatic rings. The number of nitrogen functional groups attached to an aromatic ring is 1. The van der Waals surface area contributed by atoms with Gasteiger partial charge in [0.05, 0.1) is 5.02 Å². The van der Waals surface area contributed by atoms with Gasteiger partial charge in [-0.15, -0.1) is 0 Å². The lowest BCUT2D eigenvalue weighted by Crippen LogP contribution is -2.38. The largest absolute Gasteiger partial charge is 0.384 e. The van der Waals surface area contributed by atoms with E-state index in [4.69, 9.17) is 22.7 Å². The molecule has 0 unspecified atom stereocenters. The first-order valence-electron chi connectivity index (χ1n) is 6.84. The van der Waals surface area contributed by atoms with Crippen molar-refractivity contribution < 1.29 is 0 Å². The Morgan fingerprint density at radius 1 is 1.42 bits per heavy atom. The summed E-state index contributed by atoms with van der Waals surface area (Å²) in [6.07, 6.45) is 3.68. The van der Waals surface area contributed by atoms with Crippen LogP contribution in [0.25, 0.3) is 0 Å². The highest BCUT2D eigenvalue weighted by Gasteiger charge is 2.28. The van der Waals surface area contributed by atoms with Gasteiger partial charge in [0.15, 0.2) is 0 Å². The minimum Gasteiger partial charge on any atom is -0.384 e. The number of hydrogen-bond donors (Lipinski definition) is 2. The molecule has 104 valence electrons. The van der Waals surface area contributed by atoms with Crippen LogP contribution in [0.3, 0.4) is 0 Å². The fourth-order valence-corrected chi connectivity index (χ4v) is 2.85. The van der Waals surface area contributed by atoms with Crippen LogP contribution in [0.5, 0.6) is 0 Å². The van der Waals surface area contributed by atoms with Crippen LogP contribution < -0.4 is 10.6 Å². The summed E-state index contributed by atoms with van der Waals surface area (Å²) >= 11 is 6.18. The fraction of sp³-hybridized carbons (Fsp3) is 0.533. The van der Waals surface area contributed by atoms with Gasteiger partial charge in [-0.1, -0.05) is 31.9 Å². The number of halogens is 1. The smallest absolute Gasteiger partial charge is 0.124 e. The highest BCUT2D eigenvalue weighted by atomic mass is 35.5. The first kappa shape index (κ1) is 14.2. The van der Waals surface area contributed by atoms with Crippen molar-refractivity contribution in [3.8, 4) is 0 Å². The summed E-state index contributed by atoms with van der Waals surface area (Å²) in [6, 6.07) is 5.78. The maximum absolute atomic E-state index is 7.45. The van der Waals surface area contributed by atoms with Gasteiger partial charge >= 0.3 is 0 Å². The molecule has 1 aliphatic heterocycles. The van der Waals surface area contributed by atoms with Crippen molar-refractivity contribution in [3.05, 3.63) is 28.8 Å². The van der Waals surface area contributed by atoms with Gasteiger partial charge in [-0.2, -0.15) is 0 Å². The summed E-state index contributed by atoms with van der Waals surface area (Å²) in [7, 11) is 0. The second kappa shape index (κ2) is 5.41. The van der Waals surface area contributed by atoms with Crippen molar-refractivity contribution in [2.75, 3.05) is 18.0 Å². The molecule has 19 heavy (non-hydrogen) atoms. The Balaban J connectivity index is 2.12. The topological polar surface area (TPSA) is 53.1 Å². The van der Waals surface area contributed by atoms with E-state index in [9.17, 15) is 0 Å². The van der Waals surface area contributed by atoms with Crippen molar-refractivity contribution in [3.63, 3.8) is 0 Å². The highest BCUT2D eigenvalue weighted by Crippen LogP contribution is 2.36. The third-order valence-electron chi connectivity index (χ3n) is 4.43. The van der Waals surface area contributed by atoms with Crippen molar-refractivity contribution in [2.45, 2.75) is 33.1 Å². The number of amidine groups is 1. The van der Waals surface area contributed by atoms with Gasteiger partial charge in [0, 0.05) is 24.3 Å². The molecule has 1 heterocycles. The number of nitrogens with two attached hydrogens (primary N) is 1. The van der Waals surface area contributed by atoms with Gasteiger partial charge in [0.1, 0.15) is 5.84 Å². The number of anilines is 1. The van der Waals surface area contributed by atoms with Crippen LogP contribution >= 0.6 is 11.6 Å². The summed E-state index contributed by atoms with van der Waals surface area (Å²) in [6.45, 7) is 6.78. The Hall–Kier alpha value is -1.22. The molecule has 0 aliphatic carbocycles. The molecular weight excluding hydrogens is 258 g/mol. The minimum absolute atomic E-state index is 0.0220. The Bertz CT molecular complexity index is 476. The van der Waals surface area contributed by atoms with E-state index in [-0.39, 0.29) is 5.84 Å². The predicted octanol–water partition coefficient (Wildman–Crippen LogP) is 3.64. The van der Waals surface area contributed by atoms with Crippen molar-refractivity contribution >= 4 is 23.1 Å². The third kappa shape index (κ3) is 3.03. The van der Waals surface area contributed by atoms with Crippen molar-refractivity contribution in [1.82, 2.24) is 0 Å². The maximum atomic E-state index is 7.45. The molecule has 0 saturated carbocycles. The molecule has 0 bridgehead atoms. The molecule has 1 aromatic carbocycles. The summed E-state index contributed by atoms with van der Waals surface area (Å²) in [4.78, 5) is 2.37. The van der Waals surface area contributed by atoms with Crippen LogP contribution in [0.4, 0.5) is 5.69 Å². The van der Waals surface area contributed by atoms with Crippen LogP contribution in [-0.4, -0.2) is 18.9 Å². The zero-order valence-corrected chi connectivity index (χ0v) is 12.4. The molecule has 2 rings (SSSR count). The van der Waals surface area contributed by atoms with E-state index in [1.807, 2.05) is 18.2 Å². The summed E-state index contributed by atoms with van der Waals surface area (Å²) in [5, 5.41) is 8.01. The molecule has 3 nitrogen and oxygen atoms in total. The van der Waals surface area contributed by atoms with Crippen LogP contribution in [0.2, 0.25) is 5.02 Å². The highest BCUT2D eigenvalue weighted by molar-refractivity contribution is 6.34. The first-order chi connectivity index (χ1) is 8.95. The zero-order valence-electron chi connectivity index (χ0n) is 11.7. The van der Waals surface area contributed by atoms with Gasteiger partial charge in [-0.25, -0.2) is 0 Å². The van der Waals surface area contributed by atoms with E-state index in [0.717, 1.165) is 18.8 Å². The molecule has 1 aromatic rings. The molecule has 0 spiro atoms. The van der Waals surface area contributed by atoms with Gasteiger partial charge < -0.3 is 10.6 Å². The van der Waals surface area contributed by atoms with Gasteiger partial charge in [0.2, 0.25) is 0 Å². The SMILES string of the molecule is CCC1(C)CCN(c2ccc(C(=N)N)c(Cl)c2)CC1. The summed E-state index contributed by atoms with van der Waals surface area (Å²) in [5.41, 5.74) is 7.71. The molecule has 1 fully saturated rings. The van der Waals surface area contributed by atoms with E-state index in [0.29, 0.717) is 16.0 Å². The lowest BCUT2D eigenvalue weighted by molar-refractivity contribution is 0.238. The van der Waals surface area contributed by atoms with Gasteiger partial charge in [-0.05, 0) is 36.5 Å². The Morgan fingerprint density at radius 2 is 2.05 bits per heavy atom. The van der Waals surface area contributed by atoms with Gasteiger partial charge in [0.25, 0.3) is 0 Å². The third-order valence-corrected chi connectivity index (χ3v) is 4.74. The normalized spacial score (nSPS) is 18.4. The van der Waals surface area contributed by atoms with E-state index in [1.54, 1.807) is 0 Å². The molecule has 0 radical (unpaired) electrons.